The van der Waals surface area contributed by atoms with Crippen molar-refractivity contribution in [1.29, 1.82) is 5.26 Å². The van der Waals surface area contributed by atoms with Crippen LogP contribution in [-0.2, 0) is 9.59 Å². The molecule has 0 fully saturated rings. The summed E-state index contributed by atoms with van der Waals surface area (Å²) >= 11 is 2.52. The Morgan fingerprint density at radius 3 is 2.71 bits per heavy atom. The molecule has 1 aliphatic heterocycles. The Balaban J connectivity index is 1.44. The van der Waals surface area contributed by atoms with E-state index in [0.29, 0.717) is 57.1 Å². The van der Waals surface area contributed by atoms with Crippen LogP contribution >= 0.6 is 23.1 Å². The average Bonchev–Trinajstić information content (AvgIpc) is 3.46. The lowest BCUT2D eigenvalue weighted by Crippen LogP contribution is -2.38. The Labute approximate surface area is 252 Å². The number of carbonyl (C=O) groups is 2. The van der Waals surface area contributed by atoms with Crippen molar-refractivity contribution in [2.75, 3.05) is 30.2 Å². The molecule has 1 unspecified atom stereocenters. The molecule has 12 heteroatoms. The summed E-state index contributed by atoms with van der Waals surface area (Å²) in [6.45, 7) is 3.97. The molecule has 2 aromatic carbocycles. The second-order valence-electron chi connectivity index (χ2n) is 9.87. The van der Waals surface area contributed by atoms with Crippen LogP contribution in [0.1, 0.15) is 41.9 Å². The molecule has 1 aromatic heterocycles. The van der Waals surface area contributed by atoms with Gasteiger partial charge in [-0.2, -0.15) is 5.26 Å². The van der Waals surface area contributed by atoms with Gasteiger partial charge in [-0.25, -0.2) is 0 Å². The Morgan fingerprint density at radius 2 is 1.98 bits per heavy atom. The van der Waals surface area contributed by atoms with Crippen molar-refractivity contribution in [3.8, 4) is 17.6 Å². The van der Waals surface area contributed by atoms with Crippen LogP contribution in [0.25, 0.3) is 0 Å². The summed E-state index contributed by atoms with van der Waals surface area (Å²) in [6, 6.07) is 13.4. The highest BCUT2D eigenvalue weighted by molar-refractivity contribution is 8.01. The predicted octanol–water partition coefficient (Wildman–Crippen LogP) is 5.21. The third-order valence-electron chi connectivity index (χ3n) is 7.45. The summed E-state index contributed by atoms with van der Waals surface area (Å²) < 4.78 is 11.4. The van der Waals surface area contributed by atoms with E-state index in [1.54, 1.807) is 24.1 Å². The minimum atomic E-state index is -0.649. The molecule has 0 saturated carbocycles. The molecule has 10 nitrogen and oxygen atoms in total. The fourth-order valence-corrected chi connectivity index (χ4v) is 6.90. The predicted molar refractivity (Wildman–Crippen MR) is 163 cm³/mol. The fraction of sp³-hybridized carbons (Fsp3) is 0.300. The van der Waals surface area contributed by atoms with Gasteiger partial charge in [0.1, 0.15) is 5.82 Å². The zero-order chi connectivity index (χ0) is 30.0. The second-order valence-corrected chi connectivity index (χ2v) is 12.0. The summed E-state index contributed by atoms with van der Waals surface area (Å²) in [7, 11) is 3.08. The number of allylic oxidation sites excluding steroid dienone is 3. The van der Waals surface area contributed by atoms with Gasteiger partial charge < -0.3 is 20.5 Å². The van der Waals surface area contributed by atoms with Gasteiger partial charge in [-0.3, -0.25) is 14.5 Å². The number of ketones is 1. The van der Waals surface area contributed by atoms with Crippen molar-refractivity contribution in [1.82, 2.24) is 10.2 Å². The van der Waals surface area contributed by atoms with Crippen LogP contribution in [0, 0.1) is 25.2 Å². The zero-order valence-electron chi connectivity index (χ0n) is 23.7. The van der Waals surface area contributed by atoms with Crippen LogP contribution in [0.2, 0.25) is 0 Å². The average molecular weight is 603 g/mol. The maximum Gasteiger partial charge on any atom is 0.234 e. The maximum atomic E-state index is 13.4. The number of carbonyl (C=O) groups excluding carboxylic acids is 2. The molecule has 0 bridgehead atoms. The quantitative estimate of drug-likeness (QED) is 0.330. The summed E-state index contributed by atoms with van der Waals surface area (Å²) in [5.41, 5.74) is 11.7. The smallest absolute Gasteiger partial charge is 0.234 e. The van der Waals surface area contributed by atoms with Gasteiger partial charge in [-0.15, -0.1) is 10.2 Å². The molecule has 2 heterocycles. The summed E-state index contributed by atoms with van der Waals surface area (Å²) in [5.74, 6) is 0.533. The van der Waals surface area contributed by atoms with Gasteiger partial charge >= 0.3 is 0 Å². The molecule has 2 aliphatic rings. The van der Waals surface area contributed by atoms with Crippen molar-refractivity contribution >= 4 is 45.6 Å². The summed E-state index contributed by atoms with van der Waals surface area (Å²) in [6.07, 6.45) is 1.62. The first-order chi connectivity index (χ1) is 20.3. The molecule has 1 aliphatic carbocycles. The SMILES string of the molecule is COc1ccc(C2C(C#N)=C(N)N(c3nnc(SCC(=O)Nc4cccc(C)c4C)s3)C3=C2C(=O)CCC3)cc1OC. The Morgan fingerprint density at radius 1 is 1.19 bits per heavy atom. The van der Waals surface area contributed by atoms with E-state index < -0.39 is 5.92 Å². The molecule has 3 aromatic rings. The number of nitrogens with one attached hydrogen (secondary N) is 1. The van der Waals surface area contributed by atoms with Gasteiger partial charge in [0.15, 0.2) is 21.6 Å². The van der Waals surface area contributed by atoms with Crippen LogP contribution in [0.4, 0.5) is 10.8 Å². The molecule has 0 saturated heterocycles. The first kappa shape index (κ1) is 29.2. The van der Waals surface area contributed by atoms with Gasteiger partial charge in [0, 0.05) is 23.4 Å². The largest absolute Gasteiger partial charge is 0.493 e. The number of hydrogen-bond acceptors (Lipinski definition) is 11. The van der Waals surface area contributed by atoms with E-state index in [1.807, 2.05) is 38.1 Å². The highest BCUT2D eigenvalue weighted by Crippen LogP contribution is 2.48. The minimum absolute atomic E-state index is 0.0384. The van der Waals surface area contributed by atoms with E-state index in [1.165, 1.54) is 30.2 Å². The number of ether oxygens (including phenoxy) is 2. The number of thioether (sulfide) groups is 1. The first-order valence-corrected chi connectivity index (χ1v) is 15.1. The summed E-state index contributed by atoms with van der Waals surface area (Å²) in [5, 5.41) is 22.3. The Bertz CT molecular complexity index is 1670. The van der Waals surface area contributed by atoms with Crippen LogP contribution in [0.15, 0.2) is 63.4 Å². The number of amides is 1. The minimum Gasteiger partial charge on any atom is -0.493 e. The van der Waals surface area contributed by atoms with E-state index in [4.69, 9.17) is 15.2 Å². The summed E-state index contributed by atoms with van der Waals surface area (Å²) in [4.78, 5) is 27.8. The lowest BCUT2D eigenvalue weighted by molar-refractivity contribution is -0.116. The number of methoxy groups -OCH3 is 2. The first-order valence-electron chi connectivity index (χ1n) is 13.3. The highest BCUT2D eigenvalue weighted by atomic mass is 32.2. The number of anilines is 2. The molecule has 3 N–H and O–H groups in total. The Kier molecular flexibility index (Phi) is 8.51. The molecular weight excluding hydrogens is 573 g/mol. The maximum absolute atomic E-state index is 13.4. The molecule has 216 valence electrons. The molecule has 0 radical (unpaired) electrons. The fourth-order valence-electron chi connectivity index (χ4n) is 5.22. The number of Topliss-reactive ketones (excluding diaryl/α,β-unsaturated/α-hetero) is 1. The third-order valence-corrected chi connectivity index (χ3v) is 9.49. The number of hydrogen-bond donors (Lipinski definition) is 2. The normalized spacial score (nSPS) is 16.7. The van der Waals surface area contributed by atoms with E-state index in [9.17, 15) is 14.9 Å². The van der Waals surface area contributed by atoms with Gasteiger partial charge in [-0.05, 0) is 61.6 Å². The van der Waals surface area contributed by atoms with Crippen molar-refractivity contribution in [3.05, 3.63) is 75.8 Å². The van der Waals surface area contributed by atoms with Crippen molar-refractivity contribution < 1.29 is 19.1 Å². The van der Waals surface area contributed by atoms with Crippen LogP contribution in [0.3, 0.4) is 0 Å². The molecule has 1 atom stereocenters. The zero-order valence-corrected chi connectivity index (χ0v) is 25.3. The van der Waals surface area contributed by atoms with Crippen molar-refractivity contribution in [3.63, 3.8) is 0 Å². The molecule has 42 heavy (non-hydrogen) atoms. The lowest BCUT2D eigenvalue weighted by Gasteiger charge is -2.38. The third kappa shape index (κ3) is 5.45. The molecule has 0 spiro atoms. The van der Waals surface area contributed by atoms with Gasteiger partial charge in [0.25, 0.3) is 0 Å². The molecule has 5 rings (SSSR count). The van der Waals surface area contributed by atoms with Crippen molar-refractivity contribution in [2.24, 2.45) is 5.73 Å². The molecule has 1 amide bonds. The standard InChI is InChI=1S/C30H30N6O4S2/c1-16-7-5-8-20(17(16)2)33-25(38)15-41-30-35-34-29(42-30)36-21-9-6-10-22(37)27(21)26(19(14-31)28(36)32)18-11-12-23(39-3)24(13-18)40-4/h5,7-8,11-13,26H,6,9-10,15,32H2,1-4H3,(H,33,38). The van der Waals surface area contributed by atoms with E-state index >= 15 is 0 Å². The van der Waals surface area contributed by atoms with Gasteiger partial charge in [-0.1, -0.05) is 41.3 Å². The van der Waals surface area contributed by atoms with Crippen LogP contribution in [0.5, 0.6) is 11.5 Å². The number of rotatable bonds is 8. The van der Waals surface area contributed by atoms with Crippen molar-refractivity contribution in [2.45, 2.75) is 43.4 Å². The molecular formula is C30H30N6O4S2. The highest BCUT2D eigenvalue weighted by Gasteiger charge is 2.41. The topological polar surface area (TPSA) is 143 Å². The van der Waals surface area contributed by atoms with E-state index in [-0.39, 0.29) is 28.8 Å². The number of aryl methyl sites for hydroxylation is 1. The lowest BCUT2D eigenvalue weighted by atomic mass is 9.75. The number of nitrogens with two attached hydrogens (primary N) is 1. The second kappa shape index (κ2) is 12.3. The number of nitriles is 1. The van der Waals surface area contributed by atoms with Gasteiger partial charge in [0.2, 0.25) is 11.0 Å². The number of aromatic nitrogens is 2. The van der Waals surface area contributed by atoms with E-state index in [2.05, 4.69) is 21.6 Å². The van der Waals surface area contributed by atoms with Gasteiger partial charge in [0.05, 0.1) is 37.5 Å². The Hall–Kier alpha value is -4.34. The number of nitrogens with zero attached hydrogens (tertiary/aromatic N) is 4. The van der Waals surface area contributed by atoms with Crippen LogP contribution < -0.4 is 25.4 Å². The van der Waals surface area contributed by atoms with E-state index in [0.717, 1.165) is 16.8 Å². The monoisotopic (exact) mass is 602 g/mol. The number of benzene rings is 2. The van der Waals surface area contributed by atoms with Crippen LogP contribution in [-0.4, -0.2) is 41.9 Å².